The van der Waals surface area contributed by atoms with E-state index in [1.54, 1.807) is 0 Å². The van der Waals surface area contributed by atoms with E-state index in [2.05, 4.69) is 52.2 Å². The van der Waals surface area contributed by atoms with Crippen LogP contribution in [0.3, 0.4) is 0 Å². The average Bonchev–Trinajstić information content (AvgIpc) is 2.19. The van der Waals surface area contributed by atoms with Gasteiger partial charge in [0, 0.05) is 5.56 Å². The number of hydrogen-bond acceptors (Lipinski definition) is 0. The summed E-state index contributed by atoms with van der Waals surface area (Å²) in [4.78, 5) is 0. The first kappa shape index (κ1) is 11.3. The minimum Gasteiger partial charge on any atom is -0.325 e. The lowest BCUT2D eigenvalue weighted by Crippen LogP contribution is -2.38. The Bertz CT molecular complexity index is 272. The van der Waals surface area contributed by atoms with Crippen LogP contribution in [0.25, 0.3) is 0 Å². The van der Waals surface area contributed by atoms with E-state index < -0.39 is 0 Å². The quantitative estimate of drug-likeness (QED) is 0.644. The lowest BCUT2D eigenvalue weighted by atomic mass is 10.1. The predicted octanol–water partition coefficient (Wildman–Crippen LogP) is 2.85. The molecule has 0 saturated heterocycles. The van der Waals surface area contributed by atoms with Gasteiger partial charge in [-0.2, -0.15) is 0 Å². The third kappa shape index (κ3) is 3.15. The fourth-order valence-electron chi connectivity index (χ4n) is 1.49. The summed E-state index contributed by atoms with van der Waals surface area (Å²) in [7, 11) is 4.54. The van der Waals surface area contributed by atoms with Gasteiger partial charge < -0.3 is 4.48 Å². The van der Waals surface area contributed by atoms with E-state index in [1.165, 1.54) is 17.7 Å². The van der Waals surface area contributed by atoms with Gasteiger partial charge in [0.2, 0.25) is 0 Å². The molecule has 1 aromatic rings. The molecule has 0 bridgehead atoms. The Kier molecular flexibility index (Phi) is 3.70. The Balaban J connectivity index is 2.69. The molecule has 0 N–H and O–H groups in total. The fraction of sp³-hybridized carbons (Fsp3) is 0.538. The first-order valence-electron chi connectivity index (χ1n) is 5.47. The van der Waals surface area contributed by atoms with Gasteiger partial charge >= 0.3 is 0 Å². The third-order valence-electron chi connectivity index (χ3n) is 2.90. The first-order valence-corrected chi connectivity index (χ1v) is 5.47. The van der Waals surface area contributed by atoms with Gasteiger partial charge in [-0.3, -0.25) is 0 Å². The highest BCUT2D eigenvalue weighted by Gasteiger charge is 2.11. The van der Waals surface area contributed by atoms with Crippen molar-refractivity contribution in [2.75, 3.05) is 20.6 Å². The normalized spacial score (nSPS) is 11.7. The topological polar surface area (TPSA) is 0 Å². The molecule has 0 aliphatic rings. The Morgan fingerprint density at radius 2 is 1.43 bits per heavy atom. The van der Waals surface area contributed by atoms with Crippen LogP contribution in [0, 0.1) is 0 Å². The zero-order valence-electron chi connectivity index (χ0n) is 9.88. The molecule has 0 spiro atoms. The lowest BCUT2D eigenvalue weighted by Gasteiger charge is -2.28. The van der Waals surface area contributed by atoms with Crippen molar-refractivity contribution >= 4 is 0 Å². The van der Waals surface area contributed by atoms with Crippen LogP contribution in [-0.4, -0.2) is 25.1 Å². The largest absolute Gasteiger partial charge is 0.325 e. The van der Waals surface area contributed by atoms with Crippen molar-refractivity contribution in [3.05, 3.63) is 35.4 Å². The molecule has 1 heteroatoms. The van der Waals surface area contributed by atoms with Crippen LogP contribution in [0.5, 0.6) is 0 Å². The van der Waals surface area contributed by atoms with Crippen molar-refractivity contribution in [3.8, 4) is 0 Å². The smallest absolute Gasteiger partial charge is 0.104 e. The van der Waals surface area contributed by atoms with Crippen molar-refractivity contribution in [1.82, 2.24) is 0 Å². The van der Waals surface area contributed by atoms with Crippen LogP contribution in [0.2, 0.25) is 0 Å². The molecule has 0 aromatic heterocycles. The number of quaternary nitrogens is 1. The van der Waals surface area contributed by atoms with Crippen LogP contribution in [0.15, 0.2) is 24.3 Å². The van der Waals surface area contributed by atoms with Gasteiger partial charge in [-0.25, -0.2) is 0 Å². The highest BCUT2D eigenvalue weighted by molar-refractivity contribution is 5.21. The number of hydrogen-bond donors (Lipinski definition) is 0. The minimum absolute atomic E-state index is 1.06. The van der Waals surface area contributed by atoms with Gasteiger partial charge in [-0.05, 0) is 18.9 Å². The van der Waals surface area contributed by atoms with E-state index in [-0.39, 0.29) is 0 Å². The van der Waals surface area contributed by atoms with Gasteiger partial charge in [0.1, 0.15) is 6.54 Å². The summed E-state index contributed by atoms with van der Waals surface area (Å²) in [5, 5.41) is 0. The summed E-state index contributed by atoms with van der Waals surface area (Å²) in [6, 6.07) is 9.00. The molecule has 0 amide bonds. The highest BCUT2D eigenvalue weighted by atomic mass is 15.3. The Hall–Kier alpha value is -0.820. The molecular weight excluding hydrogens is 170 g/mol. The van der Waals surface area contributed by atoms with Crippen molar-refractivity contribution in [3.63, 3.8) is 0 Å². The molecule has 0 aliphatic carbocycles. The monoisotopic (exact) mass is 192 g/mol. The van der Waals surface area contributed by atoms with E-state index >= 15 is 0 Å². The Morgan fingerprint density at radius 1 is 0.929 bits per heavy atom. The summed E-state index contributed by atoms with van der Waals surface area (Å²) in [5.41, 5.74) is 2.87. The molecule has 1 nitrogen and oxygen atoms in total. The molecule has 0 heterocycles. The maximum atomic E-state index is 2.27. The molecule has 14 heavy (non-hydrogen) atoms. The second-order valence-corrected chi connectivity index (χ2v) is 4.58. The number of aryl methyl sites for hydroxylation is 1. The summed E-state index contributed by atoms with van der Waals surface area (Å²) in [6.45, 7) is 6.73. The molecular formula is C13H22N+. The van der Waals surface area contributed by atoms with E-state index in [9.17, 15) is 0 Å². The van der Waals surface area contributed by atoms with Gasteiger partial charge in [-0.1, -0.05) is 31.2 Å². The molecule has 0 fully saturated rings. The molecule has 0 atom stereocenters. The van der Waals surface area contributed by atoms with Crippen LogP contribution in [-0.2, 0) is 13.0 Å². The van der Waals surface area contributed by atoms with Gasteiger partial charge in [0.25, 0.3) is 0 Å². The Morgan fingerprint density at radius 3 is 1.86 bits per heavy atom. The molecule has 78 valence electrons. The standard InChI is InChI=1S/C13H22N/c1-5-12-7-9-13(10-8-12)11-14(3,4)6-2/h7-10H,5-6,11H2,1-4H3/q+1. The number of rotatable bonds is 4. The van der Waals surface area contributed by atoms with Gasteiger partial charge in [-0.15, -0.1) is 0 Å². The fourth-order valence-corrected chi connectivity index (χ4v) is 1.49. The van der Waals surface area contributed by atoms with Crippen LogP contribution in [0.4, 0.5) is 0 Å². The minimum atomic E-state index is 1.06. The molecule has 0 aliphatic heterocycles. The van der Waals surface area contributed by atoms with Crippen molar-refractivity contribution in [1.29, 1.82) is 0 Å². The Labute approximate surface area is 88.0 Å². The first-order chi connectivity index (χ1) is 6.57. The van der Waals surface area contributed by atoms with Crippen molar-refractivity contribution in [2.24, 2.45) is 0 Å². The molecule has 0 radical (unpaired) electrons. The molecule has 1 aromatic carbocycles. The van der Waals surface area contributed by atoms with Crippen LogP contribution < -0.4 is 0 Å². The van der Waals surface area contributed by atoms with Crippen molar-refractivity contribution < 1.29 is 4.48 Å². The number of nitrogens with zero attached hydrogens (tertiary/aromatic N) is 1. The third-order valence-corrected chi connectivity index (χ3v) is 2.90. The predicted molar refractivity (Wildman–Crippen MR) is 62.2 cm³/mol. The summed E-state index contributed by atoms with van der Waals surface area (Å²) in [6.07, 6.45) is 1.13. The zero-order chi connectivity index (χ0) is 10.6. The van der Waals surface area contributed by atoms with E-state index in [0.717, 1.165) is 17.4 Å². The van der Waals surface area contributed by atoms with Crippen molar-refractivity contribution in [2.45, 2.75) is 26.8 Å². The summed E-state index contributed by atoms with van der Waals surface area (Å²) in [5.74, 6) is 0. The van der Waals surface area contributed by atoms with Crippen LogP contribution >= 0.6 is 0 Å². The molecule has 0 unspecified atom stereocenters. The lowest BCUT2D eigenvalue weighted by molar-refractivity contribution is -0.901. The second kappa shape index (κ2) is 4.61. The van der Waals surface area contributed by atoms with Gasteiger partial charge in [0.15, 0.2) is 0 Å². The average molecular weight is 192 g/mol. The number of benzene rings is 1. The van der Waals surface area contributed by atoms with E-state index in [1.807, 2.05) is 0 Å². The highest BCUT2D eigenvalue weighted by Crippen LogP contribution is 2.10. The summed E-state index contributed by atoms with van der Waals surface area (Å²) < 4.78 is 1.06. The maximum absolute atomic E-state index is 2.27. The maximum Gasteiger partial charge on any atom is 0.104 e. The molecule has 0 saturated carbocycles. The second-order valence-electron chi connectivity index (χ2n) is 4.58. The zero-order valence-corrected chi connectivity index (χ0v) is 9.88. The van der Waals surface area contributed by atoms with E-state index in [4.69, 9.17) is 0 Å². The SMILES string of the molecule is CCc1ccc(C[N+](C)(C)CC)cc1. The van der Waals surface area contributed by atoms with Gasteiger partial charge in [0.05, 0.1) is 20.6 Å². The molecule has 1 rings (SSSR count). The van der Waals surface area contributed by atoms with Crippen LogP contribution in [0.1, 0.15) is 25.0 Å². The summed E-state index contributed by atoms with van der Waals surface area (Å²) >= 11 is 0. The van der Waals surface area contributed by atoms with E-state index in [0.29, 0.717) is 0 Å².